The van der Waals surface area contributed by atoms with E-state index in [-0.39, 0.29) is 35.9 Å². The summed E-state index contributed by atoms with van der Waals surface area (Å²) in [5.41, 5.74) is 5.59. The summed E-state index contributed by atoms with van der Waals surface area (Å²) in [5.74, 6) is -0.674. The van der Waals surface area contributed by atoms with Crippen LogP contribution in [0.1, 0.15) is 30.3 Å². The van der Waals surface area contributed by atoms with Gasteiger partial charge in [0.2, 0.25) is 0 Å². The van der Waals surface area contributed by atoms with Crippen molar-refractivity contribution < 1.29 is 18.3 Å². The number of hydrogen-bond donors (Lipinski definition) is 1. The van der Waals surface area contributed by atoms with Crippen molar-refractivity contribution in [2.24, 2.45) is 0 Å². The first kappa shape index (κ1) is 14.6. The highest BCUT2D eigenvalue weighted by Crippen LogP contribution is 2.26. The van der Waals surface area contributed by atoms with Crippen molar-refractivity contribution >= 4 is 23.3 Å². The van der Waals surface area contributed by atoms with Gasteiger partial charge in [-0.2, -0.15) is 0 Å². The predicted molar refractivity (Wildman–Crippen MR) is 63.5 cm³/mol. The molecule has 0 aromatic carbocycles. The van der Waals surface area contributed by atoms with Crippen molar-refractivity contribution in [2.45, 2.75) is 25.7 Å². The fourth-order valence-corrected chi connectivity index (χ4v) is 1.63. The number of nitrogen functional groups attached to an aromatic ring is 1. The van der Waals surface area contributed by atoms with E-state index in [2.05, 4.69) is 4.98 Å². The number of esters is 1. The van der Waals surface area contributed by atoms with Gasteiger partial charge >= 0.3 is 5.97 Å². The molecule has 0 fully saturated rings. The molecule has 7 heteroatoms. The number of anilines is 1. The second-order valence-corrected chi connectivity index (χ2v) is 3.75. The Bertz CT molecular complexity index is 441. The van der Waals surface area contributed by atoms with Crippen LogP contribution < -0.4 is 5.73 Å². The zero-order valence-corrected chi connectivity index (χ0v) is 10.5. The third-order valence-electron chi connectivity index (χ3n) is 2.22. The zero-order valence-electron chi connectivity index (χ0n) is 9.75. The van der Waals surface area contributed by atoms with E-state index < -0.39 is 18.1 Å². The van der Waals surface area contributed by atoms with Crippen molar-refractivity contribution in [3.63, 3.8) is 0 Å². The Labute approximate surface area is 108 Å². The first-order valence-corrected chi connectivity index (χ1v) is 5.80. The molecule has 0 bridgehead atoms. The lowest BCUT2D eigenvalue weighted by Crippen LogP contribution is -2.13. The quantitative estimate of drug-likeness (QED) is 0.664. The zero-order chi connectivity index (χ0) is 13.7. The van der Waals surface area contributed by atoms with E-state index >= 15 is 0 Å². The van der Waals surface area contributed by atoms with E-state index in [0.29, 0.717) is 0 Å². The van der Waals surface area contributed by atoms with Crippen LogP contribution in [0.3, 0.4) is 0 Å². The number of nitrogens with zero attached hydrogens (tertiary/aromatic N) is 1. The van der Waals surface area contributed by atoms with Gasteiger partial charge in [-0.05, 0) is 18.6 Å². The summed E-state index contributed by atoms with van der Waals surface area (Å²) < 4.78 is 30.2. The highest BCUT2D eigenvalue weighted by Gasteiger charge is 2.19. The Morgan fingerprint density at radius 1 is 1.61 bits per heavy atom. The van der Waals surface area contributed by atoms with Crippen LogP contribution in [0.2, 0.25) is 0 Å². The molecule has 100 valence electrons. The second-order valence-electron chi connectivity index (χ2n) is 3.48. The summed E-state index contributed by atoms with van der Waals surface area (Å²) in [6.45, 7) is 1.86. The number of ether oxygens (including phenoxy) is 1. The molecule has 0 aliphatic carbocycles. The number of halogens is 3. The Kier molecular flexibility index (Phi) is 5.27. The highest BCUT2D eigenvalue weighted by atomic mass is 35.5. The summed E-state index contributed by atoms with van der Waals surface area (Å²) in [5, 5.41) is 0. The number of carbonyl (C=O) groups excluding carboxylic acids is 1. The molecule has 18 heavy (non-hydrogen) atoms. The molecule has 1 aromatic heterocycles. The maximum absolute atomic E-state index is 12.7. The van der Waals surface area contributed by atoms with Gasteiger partial charge in [0.15, 0.2) is 0 Å². The molecule has 0 atom stereocenters. The second kappa shape index (κ2) is 6.49. The van der Waals surface area contributed by atoms with Gasteiger partial charge in [-0.1, -0.05) is 0 Å². The van der Waals surface area contributed by atoms with Crippen LogP contribution in [0.5, 0.6) is 0 Å². The average Bonchev–Trinajstić information content (AvgIpc) is 2.31. The number of rotatable bonds is 5. The highest BCUT2D eigenvalue weighted by molar-refractivity contribution is 6.17. The average molecular weight is 279 g/mol. The normalized spacial score (nSPS) is 10.7. The van der Waals surface area contributed by atoms with Gasteiger partial charge < -0.3 is 10.5 Å². The maximum Gasteiger partial charge on any atom is 0.311 e. The number of hydrogen-bond acceptors (Lipinski definition) is 4. The molecule has 1 rings (SSSR count). The monoisotopic (exact) mass is 278 g/mol. The van der Waals surface area contributed by atoms with Crippen molar-refractivity contribution in [1.29, 1.82) is 0 Å². The molecule has 1 aromatic rings. The van der Waals surface area contributed by atoms with Crippen LogP contribution in [0.25, 0.3) is 0 Å². The largest absolute Gasteiger partial charge is 0.466 e. The minimum absolute atomic E-state index is 0.0811. The van der Waals surface area contributed by atoms with Crippen LogP contribution in [0, 0.1) is 0 Å². The van der Waals surface area contributed by atoms with Gasteiger partial charge in [0, 0.05) is 5.88 Å². The Morgan fingerprint density at radius 3 is 2.78 bits per heavy atom. The summed E-state index contributed by atoms with van der Waals surface area (Å²) in [6.07, 6.45) is -3.00. The molecule has 0 radical (unpaired) electrons. The molecule has 0 aliphatic heterocycles. The van der Waals surface area contributed by atoms with E-state index in [9.17, 15) is 13.6 Å². The SMILES string of the molecule is CCOC(=O)Cc1nc(C(F)F)c(CCl)cc1N. The van der Waals surface area contributed by atoms with Gasteiger partial charge in [-0.3, -0.25) is 4.79 Å². The third kappa shape index (κ3) is 3.53. The first-order chi connectivity index (χ1) is 8.49. The maximum atomic E-state index is 12.7. The summed E-state index contributed by atoms with van der Waals surface area (Å²) in [6, 6.07) is 1.32. The van der Waals surface area contributed by atoms with Crippen LogP contribution in [0.4, 0.5) is 14.5 Å². The van der Waals surface area contributed by atoms with Gasteiger partial charge in [-0.15, -0.1) is 11.6 Å². The third-order valence-corrected chi connectivity index (χ3v) is 2.50. The number of pyridine rings is 1. The number of alkyl halides is 3. The number of aromatic nitrogens is 1. The fourth-order valence-electron chi connectivity index (χ4n) is 1.41. The van der Waals surface area contributed by atoms with Gasteiger partial charge in [0.05, 0.1) is 24.4 Å². The Morgan fingerprint density at radius 2 is 2.28 bits per heavy atom. The lowest BCUT2D eigenvalue weighted by atomic mass is 10.1. The minimum atomic E-state index is -2.76. The van der Waals surface area contributed by atoms with Crippen LogP contribution in [-0.4, -0.2) is 17.6 Å². The molecule has 0 aliphatic rings. The number of carbonyl (C=O) groups is 1. The van der Waals surface area contributed by atoms with E-state index in [1.807, 2.05) is 0 Å². The summed E-state index contributed by atoms with van der Waals surface area (Å²) >= 11 is 5.54. The molecule has 4 nitrogen and oxygen atoms in total. The van der Waals surface area contributed by atoms with E-state index in [1.54, 1.807) is 6.92 Å². The fraction of sp³-hybridized carbons (Fsp3) is 0.455. The minimum Gasteiger partial charge on any atom is -0.466 e. The lowest BCUT2D eigenvalue weighted by molar-refractivity contribution is -0.142. The lowest BCUT2D eigenvalue weighted by Gasteiger charge is -2.11. The molecule has 1 heterocycles. The van der Waals surface area contributed by atoms with Crippen LogP contribution in [0.15, 0.2) is 6.07 Å². The van der Waals surface area contributed by atoms with Crippen molar-refractivity contribution in [3.8, 4) is 0 Å². The van der Waals surface area contributed by atoms with Gasteiger partial charge in [-0.25, -0.2) is 13.8 Å². The molecule has 0 saturated heterocycles. The van der Waals surface area contributed by atoms with Gasteiger partial charge in [0.1, 0.15) is 5.69 Å². The standard InChI is InChI=1S/C11H13ClF2N2O2/c1-2-18-9(17)4-8-7(15)3-6(5-12)10(16-8)11(13)14/h3,11H,2,4-5,15H2,1H3. The topological polar surface area (TPSA) is 65.2 Å². The van der Waals surface area contributed by atoms with E-state index in [4.69, 9.17) is 22.1 Å². The van der Waals surface area contributed by atoms with Crippen LogP contribution in [-0.2, 0) is 21.8 Å². The molecule has 0 unspecified atom stereocenters. The summed E-state index contributed by atoms with van der Waals surface area (Å²) in [7, 11) is 0. The van der Waals surface area contributed by atoms with Crippen LogP contribution >= 0.6 is 11.6 Å². The molecule has 2 N–H and O–H groups in total. The molecular formula is C11H13ClF2N2O2. The van der Waals surface area contributed by atoms with Crippen molar-refractivity contribution in [1.82, 2.24) is 4.98 Å². The molecule has 0 spiro atoms. The first-order valence-electron chi connectivity index (χ1n) is 5.27. The summed E-state index contributed by atoms with van der Waals surface area (Å²) in [4.78, 5) is 15.0. The smallest absolute Gasteiger partial charge is 0.311 e. The molecule has 0 saturated carbocycles. The Balaban J connectivity index is 3.05. The van der Waals surface area contributed by atoms with Crippen molar-refractivity contribution in [3.05, 3.63) is 23.0 Å². The Hall–Kier alpha value is -1.43. The van der Waals surface area contributed by atoms with Gasteiger partial charge in [0.25, 0.3) is 6.43 Å². The molecular weight excluding hydrogens is 266 g/mol. The van der Waals surface area contributed by atoms with E-state index in [0.717, 1.165) is 0 Å². The molecule has 0 amide bonds. The predicted octanol–water partition coefficient (Wildman–Crippen LogP) is 2.45. The van der Waals surface area contributed by atoms with E-state index in [1.165, 1.54) is 6.07 Å². The number of nitrogens with two attached hydrogens (primary N) is 1. The van der Waals surface area contributed by atoms with Crippen molar-refractivity contribution in [2.75, 3.05) is 12.3 Å².